The normalized spacial score (nSPS) is 53.9. The highest BCUT2D eigenvalue weighted by Crippen LogP contribution is 2.30. The summed E-state index contributed by atoms with van der Waals surface area (Å²) in [7, 11) is 0. The van der Waals surface area contributed by atoms with E-state index < -0.39 is 17.6 Å². The van der Waals surface area contributed by atoms with Crippen molar-refractivity contribution in [1.29, 1.82) is 0 Å². The highest BCUT2D eigenvalue weighted by atomic mass is 16.4. The van der Waals surface area contributed by atoms with Crippen LogP contribution in [0.4, 0.5) is 0 Å². The molecule has 0 saturated heterocycles. The van der Waals surface area contributed by atoms with Crippen LogP contribution in [0.1, 0.15) is 13.8 Å². The summed E-state index contributed by atoms with van der Waals surface area (Å²) < 4.78 is 0. The zero-order valence-electron chi connectivity index (χ0n) is 5.81. The van der Waals surface area contributed by atoms with Crippen molar-refractivity contribution in [2.45, 2.75) is 31.4 Å². The van der Waals surface area contributed by atoms with Gasteiger partial charge in [0.1, 0.15) is 0 Å². The van der Waals surface area contributed by atoms with Gasteiger partial charge in [0.15, 0.2) is 6.10 Å². The molecule has 1 aliphatic rings. The Kier molecular flexibility index (Phi) is 1.33. The van der Waals surface area contributed by atoms with Crippen LogP contribution in [0.15, 0.2) is 10.2 Å². The van der Waals surface area contributed by atoms with E-state index in [9.17, 15) is 0 Å². The summed E-state index contributed by atoms with van der Waals surface area (Å²) in [6.45, 7) is 2.56. The zero-order chi connectivity index (χ0) is 7.99. The van der Waals surface area contributed by atoms with Crippen LogP contribution in [-0.4, -0.2) is 32.9 Å². The average molecular weight is 146 g/mol. The molecule has 0 spiro atoms. The van der Waals surface area contributed by atoms with E-state index >= 15 is 0 Å². The summed E-state index contributed by atoms with van der Waals surface area (Å²) in [6.07, 6.45) is -1.35. The molecule has 0 radical (unpaired) electrons. The van der Waals surface area contributed by atoms with E-state index in [2.05, 4.69) is 10.2 Å². The topological polar surface area (TPSA) is 85.4 Å². The number of azo groups is 1. The van der Waals surface area contributed by atoms with Crippen molar-refractivity contribution in [2.24, 2.45) is 10.2 Å². The monoisotopic (exact) mass is 146 g/mol. The third-order valence-corrected chi connectivity index (χ3v) is 1.49. The van der Waals surface area contributed by atoms with Gasteiger partial charge in [0.05, 0.1) is 0 Å². The van der Waals surface area contributed by atoms with Gasteiger partial charge in [-0.2, -0.15) is 10.2 Å². The lowest BCUT2D eigenvalue weighted by Crippen LogP contribution is -2.46. The van der Waals surface area contributed by atoms with Crippen LogP contribution < -0.4 is 0 Å². The van der Waals surface area contributed by atoms with Crippen molar-refractivity contribution in [2.75, 3.05) is 0 Å². The number of aliphatic hydroxyl groups excluding tert-OH is 1. The summed E-state index contributed by atoms with van der Waals surface area (Å²) in [5, 5.41) is 33.9. The lowest BCUT2D eigenvalue weighted by atomic mass is 10.0. The number of nitrogens with zero attached hydrogens (tertiary/aromatic N) is 2. The molecule has 2 unspecified atom stereocenters. The fraction of sp³-hybridized carbons (Fsp3) is 1.00. The predicted molar refractivity (Wildman–Crippen MR) is 32.1 cm³/mol. The molecule has 0 aromatic heterocycles. The van der Waals surface area contributed by atoms with Gasteiger partial charge in [0, 0.05) is 0 Å². The third kappa shape index (κ3) is 0.920. The van der Waals surface area contributed by atoms with Gasteiger partial charge in [-0.25, -0.2) is 0 Å². The first kappa shape index (κ1) is 7.59. The Morgan fingerprint density at radius 3 is 1.50 bits per heavy atom. The fourth-order valence-electron chi connectivity index (χ4n) is 0.830. The van der Waals surface area contributed by atoms with Gasteiger partial charge in [-0.05, 0) is 13.8 Å². The maximum atomic E-state index is 9.13. The van der Waals surface area contributed by atoms with Crippen LogP contribution in [-0.2, 0) is 0 Å². The Morgan fingerprint density at radius 1 is 1.10 bits per heavy atom. The van der Waals surface area contributed by atoms with Crippen LogP contribution in [0.25, 0.3) is 0 Å². The van der Waals surface area contributed by atoms with Crippen molar-refractivity contribution in [3.8, 4) is 0 Å². The van der Waals surface area contributed by atoms with E-state index in [1.165, 1.54) is 13.8 Å². The molecule has 2 atom stereocenters. The minimum Gasteiger partial charge on any atom is -0.383 e. The molecule has 3 N–H and O–H groups in total. The smallest absolute Gasteiger partial charge is 0.204 e. The maximum absolute atomic E-state index is 9.13. The van der Waals surface area contributed by atoms with E-state index in [0.717, 1.165) is 0 Å². The zero-order valence-corrected chi connectivity index (χ0v) is 5.81. The first-order valence-corrected chi connectivity index (χ1v) is 2.93. The lowest BCUT2D eigenvalue weighted by Gasteiger charge is -2.23. The molecule has 0 aliphatic carbocycles. The molecule has 1 rings (SSSR count). The van der Waals surface area contributed by atoms with Crippen LogP contribution in [0.5, 0.6) is 0 Å². The molecule has 1 heterocycles. The summed E-state index contributed by atoms with van der Waals surface area (Å²) in [5.41, 5.74) is -3.30. The Hall–Kier alpha value is -0.520. The Bertz CT molecular complexity index is 158. The molecule has 5 nitrogen and oxygen atoms in total. The summed E-state index contributed by atoms with van der Waals surface area (Å²) in [4.78, 5) is 0. The van der Waals surface area contributed by atoms with E-state index in [1.54, 1.807) is 0 Å². The molecule has 10 heavy (non-hydrogen) atoms. The van der Waals surface area contributed by atoms with Crippen LogP contribution in [0.3, 0.4) is 0 Å². The van der Waals surface area contributed by atoms with Gasteiger partial charge in [0.25, 0.3) is 0 Å². The Morgan fingerprint density at radius 2 is 1.40 bits per heavy atom. The van der Waals surface area contributed by atoms with Crippen molar-refractivity contribution >= 4 is 0 Å². The molecule has 0 fully saturated rings. The first-order chi connectivity index (χ1) is 4.36. The van der Waals surface area contributed by atoms with Crippen molar-refractivity contribution in [1.82, 2.24) is 0 Å². The minimum atomic E-state index is -1.65. The lowest BCUT2D eigenvalue weighted by molar-refractivity contribution is -0.122. The number of hydrogen-bond donors (Lipinski definition) is 3. The summed E-state index contributed by atoms with van der Waals surface area (Å²) in [6, 6.07) is 0. The Labute approximate surface area is 58.0 Å². The number of rotatable bonds is 0. The van der Waals surface area contributed by atoms with Crippen LogP contribution in [0.2, 0.25) is 0 Å². The average Bonchev–Trinajstić information content (AvgIpc) is 1.95. The van der Waals surface area contributed by atoms with Gasteiger partial charge < -0.3 is 15.3 Å². The summed E-state index contributed by atoms with van der Waals surface area (Å²) in [5.74, 6) is 0. The number of hydrogen-bond acceptors (Lipinski definition) is 5. The van der Waals surface area contributed by atoms with Crippen LogP contribution >= 0.6 is 0 Å². The predicted octanol–water partition coefficient (Wildman–Crippen LogP) is -0.770. The molecule has 0 aromatic rings. The standard InChI is InChI=1S/C5H10N2O3/c1-4(9)3(8)5(2,10)7-6-4/h3,8-10H,1-2H3. The van der Waals surface area contributed by atoms with Crippen molar-refractivity contribution in [3.05, 3.63) is 0 Å². The molecule has 1 aliphatic heterocycles. The second-order valence-corrected chi connectivity index (χ2v) is 2.79. The quantitative estimate of drug-likeness (QED) is 0.419. The van der Waals surface area contributed by atoms with E-state index in [-0.39, 0.29) is 0 Å². The molecule has 0 amide bonds. The van der Waals surface area contributed by atoms with Crippen molar-refractivity contribution < 1.29 is 15.3 Å². The molecule has 0 aromatic carbocycles. The van der Waals surface area contributed by atoms with E-state index in [0.29, 0.717) is 0 Å². The molecule has 5 heteroatoms. The van der Waals surface area contributed by atoms with Gasteiger partial charge in [-0.1, -0.05) is 0 Å². The summed E-state index contributed by atoms with van der Waals surface area (Å²) >= 11 is 0. The Balaban J connectivity index is 2.88. The second kappa shape index (κ2) is 1.75. The van der Waals surface area contributed by atoms with Gasteiger partial charge in [-0.15, -0.1) is 0 Å². The SMILES string of the molecule is CC1(O)N=NC(C)(O)C1O. The first-order valence-electron chi connectivity index (χ1n) is 2.93. The van der Waals surface area contributed by atoms with Gasteiger partial charge in [0.2, 0.25) is 11.4 Å². The van der Waals surface area contributed by atoms with Gasteiger partial charge in [-0.3, -0.25) is 0 Å². The van der Waals surface area contributed by atoms with Gasteiger partial charge >= 0.3 is 0 Å². The molecule has 0 saturated carbocycles. The van der Waals surface area contributed by atoms with Crippen LogP contribution in [0, 0.1) is 0 Å². The molecular formula is C5H10N2O3. The minimum absolute atomic E-state index is 1.28. The van der Waals surface area contributed by atoms with E-state index in [4.69, 9.17) is 15.3 Å². The highest BCUT2D eigenvalue weighted by molar-refractivity contribution is 4.95. The largest absolute Gasteiger partial charge is 0.383 e. The van der Waals surface area contributed by atoms with E-state index in [1.807, 2.05) is 0 Å². The maximum Gasteiger partial charge on any atom is 0.204 e. The molecule has 0 bridgehead atoms. The highest BCUT2D eigenvalue weighted by Gasteiger charge is 2.49. The number of aliphatic hydroxyl groups is 3. The molecular weight excluding hydrogens is 136 g/mol. The second-order valence-electron chi connectivity index (χ2n) is 2.79. The fourth-order valence-corrected chi connectivity index (χ4v) is 0.830. The van der Waals surface area contributed by atoms with Crippen molar-refractivity contribution in [3.63, 3.8) is 0 Å². The molecule has 58 valence electrons. The third-order valence-electron chi connectivity index (χ3n) is 1.49.